The van der Waals surface area contributed by atoms with Gasteiger partial charge >= 0.3 is 0 Å². The van der Waals surface area contributed by atoms with Crippen molar-refractivity contribution in [3.63, 3.8) is 0 Å². The van der Waals surface area contributed by atoms with Crippen molar-refractivity contribution in [2.75, 3.05) is 13.1 Å². The van der Waals surface area contributed by atoms with Gasteiger partial charge in [0.15, 0.2) is 0 Å². The van der Waals surface area contributed by atoms with Crippen molar-refractivity contribution in [3.8, 4) is 0 Å². The fourth-order valence-corrected chi connectivity index (χ4v) is 1.45. The molecule has 1 aliphatic heterocycles. The number of amides is 1. The molecule has 0 aromatic heterocycles. The Kier molecular flexibility index (Phi) is 2.49. The zero-order chi connectivity index (χ0) is 8.43. The number of carbonyl (C=O) groups is 1. The summed E-state index contributed by atoms with van der Waals surface area (Å²) in [7, 11) is 0. The lowest BCUT2D eigenvalue weighted by Crippen LogP contribution is -2.47. The summed E-state index contributed by atoms with van der Waals surface area (Å²) in [4.78, 5) is 12.8. The molecule has 3 nitrogen and oxygen atoms in total. The summed E-state index contributed by atoms with van der Waals surface area (Å²) in [5, 5.41) is 0. The van der Waals surface area contributed by atoms with Crippen LogP contribution < -0.4 is 5.73 Å². The summed E-state index contributed by atoms with van der Waals surface area (Å²) < 4.78 is 0. The van der Waals surface area contributed by atoms with Crippen molar-refractivity contribution in [1.29, 1.82) is 0 Å². The zero-order valence-electron chi connectivity index (χ0n) is 7.21. The molecule has 0 aliphatic carbocycles. The molecule has 3 heteroatoms. The largest absolute Gasteiger partial charge is 0.343 e. The Bertz CT molecular complexity index is 158. The van der Waals surface area contributed by atoms with Gasteiger partial charge in [0.2, 0.25) is 5.91 Å². The molecule has 0 bridgehead atoms. The first-order valence-corrected chi connectivity index (χ1v) is 4.12. The van der Waals surface area contributed by atoms with Crippen molar-refractivity contribution in [2.24, 2.45) is 11.7 Å². The molecule has 1 aliphatic rings. The minimum Gasteiger partial charge on any atom is -0.343 e. The van der Waals surface area contributed by atoms with Crippen molar-refractivity contribution in [3.05, 3.63) is 0 Å². The molecule has 1 fully saturated rings. The van der Waals surface area contributed by atoms with Gasteiger partial charge in [0.1, 0.15) is 0 Å². The van der Waals surface area contributed by atoms with E-state index in [2.05, 4.69) is 6.92 Å². The fraction of sp³-hybridized carbons (Fsp3) is 0.875. The molecular formula is C8H16N2O. The monoisotopic (exact) mass is 156 g/mol. The highest BCUT2D eigenvalue weighted by Crippen LogP contribution is 2.14. The molecular weight excluding hydrogens is 140 g/mol. The van der Waals surface area contributed by atoms with Crippen LogP contribution in [0.3, 0.4) is 0 Å². The number of likely N-dealkylation sites (tertiary alicyclic amines) is 1. The van der Waals surface area contributed by atoms with Crippen LogP contribution in [0.1, 0.15) is 20.3 Å². The molecule has 1 amide bonds. The SMILES string of the molecule is CC(=O)N1CC[C@@H](N)[C@H](C)C1. The number of carbonyl (C=O) groups excluding carboxylic acids is 1. The molecule has 0 radical (unpaired) electrons. The summed E-state index contributed by atoms with van der Waals surface area (Å²) in [6.07, 6.45) is 0.945. The van der Waals surface area contributed by atoms with E-state index in [4.69, 9.17) is 5.73 Å². The van der Waals surface area contributed by atoms with Crippen LogP contribution in [-0.2, 0) is 4.79 Å². The normalized spacial score (nSPS) is 32.1. The molecule has 0 aromatic rings. The maximum Gasteiger partial charge on any atom is 0.219 e. The minimum atomic E-state index is 0.170. The number of rotatable bonds is 0. The van der Waals surface area contributed by atoms with Gasteiger partial charge in [-0.2, -0.15) is 0 Å². The van der Waals surface area contributed by atoms with Crippen LogP contribution in [0, 0.1) is 5.92 Å². The summed E-state index contributed by atoms with van der Waals surface area (Å²) in [6.45, 7) is 5.38. The van der Waals surface area contributed by atoms with Gasteiger partial charge in [-0.3, -0.25) is 4.79 Å². The Hall–Kier alpha value is -0.570. The molecule has 1 saturated heterocycles. The standard InChI is InChI=1S/C8H16N2O/c1-6-5-10(7(2)11)4-3-8(6)9/h6,8H,3-5,9H2,1-2H3/t6-,8-/m1/s1. The van der Waals surface area contributed by atoms with Crippen LogP contribution in [0.4, 0.5) is 0 Å². The van der Waals surface area contributed by atoms with Crippen molar-refractivity contribution in [2.45, 2.75) is 26.3 Å². The third-order valence-electron chi connectivity index (χ3n) is 2.42. The van der Waals surface area contributed by atoms with E-state index in [1.165, 1.54) is 0 Å². The lowest BCUT2D eigenvalue weighted by atomic mass is 9.95. The highest BCUT2D eigenvalue weighted by atomic mass is 16.2. The molecule has 0 saturated carbocycles. The van der Waals surface area contributed by atoms with Crippen LogP contribution in [-0.4, -0.2) is 29.9 Å². The van der Waals surface area contributed by atoms with E-state index in [0.29, 0.717) is 5.92 Å². The Balaban J connectivity index is 2.46. The highest BCUT2D eigenvalue weighted by molar-refractivity contribution is 5.73. The molecule has 0 spiro atoms. The Morgan fingerprint density at radius 3 is 2.73 bits per heavy atom. The van der Waals surface area contributed by atoms with Gasteiger partial charge in [-0.1, -0.05) is 6.92 Å². The average Bonchev–Trinajstić information content (AvgIpc) is 1.94. The summed E-state index contributed by atoms with van der Waals surface area (Å²) in [6, 6.07) is 0.283. The lowest BCUT2D eigenvalue weighted by molar-refractivity contribution is -0.130. The molecule has 1 rings (SSSR count). The van der Waals surface area contributed by atoms with Crippen LogP contribution in [0.5, 0.6) is 0 Å². The van der Waals surface area contributed by atoms with Gasteiger partial charge in [-0.25, -0.2) is 0 Å². The van der Waals surface area contributed by atoms with E-state index in [0.717, 1.165) is 19.5 Å². The molecule has 0 aromatic carbocycles. The highest BCUT2D eigenvalue weighted by Gasteiger charge is 2.23. The fourth-order valence-electron chi connectivity index (χ4n) is 1.45. The maximum absolute atomic E-state index is 10.9. The van der Waals surface area contributed by atoms with Gasteiger partial charge in [0.25, 0.3) is 0 Å². The van der Waals surface area contributed by atoms with Crippen molar-refractivity contribution >= 4 is 5.91 Å². The first-order valence-electron chi connectivity index (χ1n) is 4.12. The van der Waals surface area contributed by atoms with Crippen LogP contribution in [0.25, 0.3) is 0 Å². The summed E-state index contributed by atoms with van der Waals surface area (Å²) in [5.41, 5.74) is 5.80. The summed E-state index contributed by atoms with van der Waals surface area (Å²) >= 11 is 0. The third kappa shape index (κ3) is 1.93. The number of piperidine rings is 1. The molecule has 11 heavy (non-hydrogen) atoms. The van der Waals surface area contributed by atoms with Crippen molar-refractivity contribution < 1.29 is 4.79 Å². The van der Waals surface area contributed by atoms with E-state index in [1.807, 2.05) is 4.90 Å². The van der Waals surface area contributed by atoms with Gasteiger partial charge in [-0.15, -0.1) is 0 Å². The molecule has 0 unspecified atom stereocenters. The number of hydrogen-bond acceptors (Lipinski definition) is 2. The second-order valence-corrected chi connectivity index (χ2v) is 3.39. The van der Waals surface area contributed by atoms with E-state index in [1.54, 1.807) is 6.92 Å². The third-order valence-corrected chi connectivity index (χ3v) is 2.42. The molecule has 64 valence electrons. The minimum absolute atomic E-state index is 0.170. The Morgan fingerprint density at radius 2 is 2.27 bits per heavy atom. The predicted octanol–water partition coefficient (Wildman–Crippen LogP) is 0.202. The van der Waals surface area contributed by atoms with E-state index < -0.39 is 0 Å². The second kappa shape index (κ2) is 3.22. The first-order chi connectivity index (χ1) is 5.11. The second-order valence-electron chi connectivity index (χ2n) is 3.39. The van der Waals surface area contributed by atoms with Crippen LogP contribution >= 0.6 is 0 Å². The number of hydrogen-bond donors (Lipinski definition) is 1. The van der Waals surface area contributed by atoms with Crippen molar-refractivity contribution in [1.82, 2.24) is 4.90 Å². The Labute approximate surface area is 67.5 Å². The number of nitrogens with two attached hydrogens (primary N) is 1. The van der Waals surface area contributed by atoms with Gasteiger partial charge in [0.05, 0.1) is 0 Å². The quantitative estimate of drug-likeness (QED) is 0.544. The van der Waals surface area contributed by atoms with E-state index in [9.17, 15) is 4.79 Å². The van der Waals surface area contributed by atoms with Gasteiger partial charge in [0, 0.05) is 26.1 Å². The molecule has 2 atom stereocenters. The van der Waals surface area contributed by atoms with Gasteiger partial charge in [-0.05, 0) is 12.3 Å². The topological polar surface area (TPSA) is 46.3 Å². The predicted molar refractivity (Wildman–Crippen MR) is 44.0 cm³/mol. The van der Waals surface area contributed by atoms with Crippen LogP contribution in [0.2, 0.25) is 0 Å². The Morgan fingerprint density at radius 1 is 1.64 bits per heavy atom. The maximum atomic E-state index is 10.9. The molecule has 2 N–H and O–H groups in total. The lowest BCUT2D eigenvalue weighted by Gasteiger charge is -2.34. The van der Waals surface area contributed by atoms with Gasteiger partial charge < -0.3 is 10.6 Å². The average molecular weight is 156 g/mol. The van der Waals surface area contributed by atoms with E-state index >= 15 is 0 Å². The van der Waals surface area contributed by atoms with E-state index in [-0.39, 0.29) is 11.9 Å². The first kappa shape index (κ1) is 8.53. The molecule has 1 heterocycles. The number of nitrogens with zero attached hydrogens (tertiary/aromatic N) is 1. The smallest absolute Gasteiger partial charge is 0.219 e. The summed E-state index contributed by atoms with van der Waals surface area (Å²) in [5.74, 6) is 0.622. The van der Waals surface area contributed by atoms with Crippen LogP contribution in [0.15, 0.2) is 0 Å². The zero-order valence-corrected chi connectivity index (χ0v) is 7.21.